The van der Waals surface area contributed by atoms with Crippen LogP contribution in [0.1, 0.15) is 51.4 Å². The fourth-order valence-corrected chi connectivity index (χ4v) is 8.78. The summed E-state index contributed by atoms with van der Waals surface area (Å²) in [5, 5.41) is 16.6. The summed E-state index contributed by atoms with van der Waals surface area (Å²) in [6, 6.07) is 14.5. The van der Waals surface area contributed by atoms with Crippen LogP contribution in [0.5, 0.6) is 11.8 Å². The Labute approximate surface area is 273 Å². The van der Waals surface area contributed by atoms with Gasteiger partial charge < -0.3 is 24.8 Å². The van der Waals surface area contributed by atoms with Crippen molar-refractivity contribution in [1.29, 1.82) is 0 Å². The molecule has 5 aliphatic heterocycles. The molecule has 0 spiro atoms. The molecule has 0 aliphatic carbocycles. The maximum Gasteiger partial charge on any atom is 0.319 e. The Balaban J connectivity index is 1.20. The number of nitrogens with zero attached hydrogens (tertiary/aromatic N) is 4. The molecule has 10 heteroatoms. The Morgan fingerprint density at radius 2 is 1.78 bits per heavy atom. The SMILES string of the molecule is CO[C@@H](COc1nc(N2CC3CCCC2CN3)c2cc(Cl)c(-c3cc(O)cc4ccccc34)c(F)c2n1)CN1C2CCCC1CC2. The highest BCUT2D eigenvalue weighted by Gasteiger charge is 2.38. The Hall–Kier alpha value is -3.24. The lowest BCUT2D eigenvalue weighted by atomic mass is 9.96. The number of hydrogen-bond donors (Lipinski definition) is 2. The van der Waals surface area contributed by atoms with Crippen molar-refractivity contribution in [2.24, 2.45) is 0 Å². The van der Waals surface area contributed by atoms with E-state index >= 15 is 4.39 Å². The number of methoxy groups -OCH3 is 1. The number of phenols is 1. The quantitative estimate of drug-likeness (QED) is 0.219. The second kappa shape index (κ2) is 12.4. The molecule has 5 aliphatic rings. The van der Waals surface area contributed by atoms with E-state index < -0.39 is 5.82 Å². The van der Waals surface area contributed by atoms with Crippen LogP contribution in [-0.2, 0) is 4.74 Å². The van der Waals surface area contributed by atoms with Crippen molar-refractivity contribution in [3.05, 3.63) is 53.3 Å². The molecule has 5 atom stereocenters. The van der Waals surface area contributed by atoms with Gasteiger partial charge in [0.2, 0.25) is 0 Å². The normalized spacial score (nSPS) is 25.3. The number of hydrogen-bond acceptors (Lipinski definition) is 8. The first-order valence-electron chi connectivity index (χ1n) is 16.8. The molecule has 1 aromatic heterocycles. The summed E-state index contributed by atoms with van der Waals surface area (Å²) in [5.41, 5.74) is 0.866. The predicted octanol–water partition coefficient (Wildman–Crippen LogP) is 6.69. The molecule has 6 heterocycles. The molecule has 242 valence electrons. The second-order valence-corrected chi connectivity index (χ2v) is 13.9. The zero-order chi connectivity index (χ0) is 31.4. The molecule has 0 amide bonds. The highest BCUT2D eigenvalue weighted by molar-refractivity contribution is 6.35. The molecular weight excluding hydrogens is 605 g/mol. The number of benzene rings is 3. The lowest BCUT2D eigenvalue weighted by Crippen LogP contribution is -2.54. The van der Waals surface area contributed by atoms with E-state index in [1.807, 2.05) is 24.3 Å². The van der Waals surface area contributed by atoms with Gasteiger partial charge in [-0.05, 0) is 79.5 Å². The van der Waals surface area contributed by atoms with Crippen molar-refractivity contribution in [3.63, 3.8) is 0 Å². The average Bonchev–Trinajstić information content (AvgIpc) is 3.30. The number of ether oxygens (including phenoxy) is 2. The molecule has 2 N–H and O–H groups in total. The summed E-state index contributed by atoms with van der Waals surface area (Å²) in [6.45, 7) is 2.68. The van der Waals surface area contributed by atoms with Gasteiger partial charge in [-0.15, -0.1) is 0 Å². The van der Waals surface area contributed by atoms with Crippen molar-refractivity contribution in [1.82, 2.24) is 20.2 Å². The standard InChI is InChI=1S/C36H41ClFN5O3/c1-45-27(19-42-23-8-5-9-24(42)13-12-23)20-46-36-40-34-30(35(41-36)43-18-22-7-4-10-25(43)17-39-22)16-31(37)32(33(34)38)29-15-26(44)14-21-6-2-3-11-28(21)29/h2-3,6,11,14-16,22-25,27,39,44H,4-5,7-10,12-13,17-20H2,1H3/t22?,23?,24?,25?,27-/m1/s1. The predicted molar refractivity (Wildman–Crippen MR) is 180 cm³/mol. The Morgan fingerprint density at radius 1 is 1.00 bits per heavy atom. The molecule has 0 radical (unpaired) electrons. The number of aromatic nitrogens is 2. The minimum absolute atomic E-state index is 0.0394. The summed E-state index contributed by atoms with van der Waals surface area (Å²) in [6.07, 6.45) is 9.39. The minimum Gasteiger partial charge on any atom is -0.508 e. The fraction of sp³-hybridized carbons (Fsp3) is 0.500. The Bertz CT molecular complexity index is 1750. The van der Waals surface area contributed by atoms with Crippen LogP contribution in [0.25, 0.3) is 32.8 Å². The number of piperazine rings is 1. The highest BCUT2D eigenvalue weighted by Crippen LogP contribution is 2.43. The first-order valence-corrected chi connectivity index (χ1v) is 17.2. The molecular formula is C36H41ClFN5O3. The molecule has 4 aromatic rings. The van der Waals surface area contributed by atoms with Crippen LogP contribution < -0.4 is 15.0 Å². The number of anilines is 1. The fourth-order valence-electron chi connectivity index (χ4n) is 8.49. The van der Waals surface area contributed by atoms with Gasteiger partial charge in [-0.2, -0.15) is 9.97 Å². The van der Waals surface area contributed by atoms with Crippen molar-refractivity contribution in [2.75, 3.05) is 38.3 Å². The number of phenolic OH excluding ortho intramolecular Hbond substituents is 1. The Morgan fingerprint density at radius 3 is 2.61 bits per heavy atom. The number of rotatable bonds is 8. The highest BCUT2D eigenvalue weighted by atomic mass is 35.5. The van der Waals surface area contributed by atoms with Gasteiger partial charge in [-0.3, -0.25) is 4.90 Å². The smallest absolute Gasteiger partial charge is 0.319 e. The van der Waals surface area contributed by atoms with Crippen LogP contribution in [0.2, 0.25) is 5.02 Å². The summed E-state index contributed by atoms with van der Waals surface area (Å²) < 4.78 is 29.2. The van der Waals surface area contributed by atoms with Crippen LogP contribution in [0.3, 0.4) is 0 Å². The number of fused-ring (bicyclic) bond motifs is 8. The number of piperidine rings is 1. The summed E-state index contributed by atoms with van der Waals surface area (Å²) in [4.78, 5) is 14.6. The van der Waals surface area contributed by atoms with E-state index in [-0.39, 0.29) is 46.6 Å². The number of aromatic hydroxyl groups is 1. The van der Waals surface area contributed by atoms with Gasteiger partial charge >= 0.3 is 6.01 Å². The first-order chi connectivity index (χ1) is 22.5. The van der Waals surface area contributed by atoms with E-state index in [9.17, 15) is 5.11 Å². The third-order valence-corrected chi connectivity index (χ3v) is 11.1. The Kier molecular flexibility index (Phi) is 8.13. The number of nitrogens with one attached hydrogen (secondary N) is 1. The van der Waals surface area contributed by atoms with Gasteiger partial charge in [0.15, 0.2) is 5.82 Å². The van der Waals surface area contributed by atoms with E-state index in [4.69, 9.17) is 31.0 Å². The van der Waals surface area contributed by atoms with Crippen LogP contribution >= 0.6 is 11.6 Å². The maximum atomic E-state index is 17.0. The van der Waals surface area contributed by atoms with Gasteiger partial charge in [-0.25, -0.2) is 4.39 Å². The van der Waals surface area contributed by atoms with Gasteiger partial charge in [0.1, 0.15) is 29.8 Å². The van der Waals surface area contributed by atoms with Crippen molar-refractivity contribution >= 4 is 39.1 Å². The summed E-state index contributed by atoms with van der Waals surface area (Å²) in [5.74, 6) is 0.130. The van der Waals surface area contributed by atoms with Gasteiger partial charge in [-0.1, -0.05) is 42.3 Å². The molecule has 0 saturated carbocycles. The summed E-state index contributed by atoms with van der Waals surface area (Å²) in [7, 11) is 1.72. The lowest BCUT2D eigenvalue weighted by molar-refractivity contribution is 0.00540. The van der Waals surface area contributed by atoms with Crippen molar-refractivity contribution in [3.8, 4) is 22.9 Å². The minimum atomic E-state index is -0.557. The van der Waals surface area contributed by atoms with E-state index in [1.54, 1.807) is 25.3 Å². The first kappa shape index (κ1) is 30.1. The molecule has 4 bridgehead atoms. The van der Waals surface area contributed by atoms with E-state index in [2.05, 4.69) is 15.1 Å². The average molecular weight is 646 g/mol. The van der Waals surface area contributed by atoms with Crippen LogP contribution in [-0.4, -0.2) is 83.6 Å². The number of halogens is 2. The second-order valence-electron chi connectivity index (χ2n) is 13.5. The third-order valence-electron chi connectivity index (χ3n) is 10.8. The van der Waals surface area contributed by atoms with E-state index in [0.717, 1.165) is 49.7 Å². The molecule has 5 saturated heterocycles. The molecule has 46 heavy (non-hydrogen) atoms. The van der Waals surface area contributed by atoms with Gasteiger partial charge in [0.05, 0.1) is 5.02 Å². The van der Waals surface area contributed by atoms with Crippen molar-refractivity contribution < 1.29 is 19.0 Å². The van der Waals surface area contributed by atoms with Crippen LogP contribution in [0.4, 0.5) is 10.2 Å². The maximum absolute atomic E-state index is 17.0. The molecule has 4 unspecified atom stereocenters. The summed E-state index contributed by atoms with van der Waals surface area (Å²) >= 11 is 6.94. The van der Waals surface area contributed by atoms with Gasteiger partial charge in [0.25, 0.3) is 0 Å². The largest absolute Gasteiger partial charge is 0.508 e. The van der Waals surface area contributed by atoms with Crippen molar-refractivity contribution in [2.45, 2.75) is 81.6 Å². The molecule has 9 rings (SSSR count). The third kappa shape index (κ3) is 5.45. The zero-order valence-corrected chi connectivity index (χ0v) is 27.0. The molecule has 3 aromatic carbocycles. The van der Waals surface area contributed by atoms with Gasteiger partial charge in [0, 0.05) is 61.9 Å². The molecule has 5 fully saturated rings. The topological polar surface area (TPSA) is 83.0 Å². The zero-order valence-electron chi connectivity index (χ0n) is 26.2. The lowest BCUT2D eigenvalue weighted by Gasteiger charge is -2.39. The van der Waals surface area contributed by atoms with Crippen LogP contribution in [0.15, 0.2) is 42.5 Å². The van der Waals surface area contributed by atoms with E-state index in [1.165, 1.54) is 32.1 Å². The van der Waals surface area contributed by atoms with E-state index in [0.29, 0.717) is 34.9 Å². The molecule has 8 nitrogen and oxygen atoms in total. The monoisotopic (exact) mass is 645 g/mol. The van der Waals surface area contributed by atoms with Crippen LogP contribution in [0, 0.1) is 5.82 Å².